The van der Waals surface area contributed by atoms with Crippen molar-refractivity contribution in [2.24, 2.45) is 21.8 Å². The van der Waals surface area contributed by atoms with Gasteiger partial charge in [0.15, 0.2) is 0 Å². The first-order valence-electron chi connectivity index (χ1n) is 10.2. The van der Waals surface area contributed by atoms with Crippen molar-refractivity contribution in [3.63, 3.8) is 0 Å². The minimum absolute atomic E-state index is 0.00738. The molecule has 1 aromatic carbocycles. The minimum Gasteiger partial charge on any atom is -0.325 e. The smallest absolute Gasteiger partial charge is 0.325 e. The van der Waals surface area contributed by atoms with Crippen LogP contribution >= 0.6 is 0 Å². The lowest BCUT2D eigenvalue weighted by molar-refractivity contribution is -0.132. The summed E-state index contributed by atoms with van der Waals surface area (Å²) in [5, 5.41) is 7.06. The van der Waals surface area contributed by atoms with E-state index >= 15 is 0 Å². The highest BCUT2D eigenvalue weighted by Gasteiger charge is 2.60. The number of nitrogens with one attached hydrogen (secondary N) is 2. The van der Waals surface area contributed by atoms with Crippen LogP contribution in [0.15, 0.2) is 35.4 Å². The first-order chi connectivity index (χ1) is 13.7. The molecule has 1 aromatic rings. The molecule has 3 unspecified atom stereocenters. The van der Waals surface area contributed by atoms with Gasteiger partial charge < -0.3 is 5.32 Å². The van der Waals surface area contributed by atoms with Gasteiger partial charge in [-0.1, -0.05) is 51.1 Å². The molecule has 3 atom stereocenters. The number of imide groups is 1. The summed E-state index contributed by atoms with van der Waals surface area (Å²) in [5.41, 5.74) is 4.72. The average molecular weight is 396 g/mol. The predicted octanol–water partition coefficient (Wildman–Crippen LogP) is 2.47. The van der Waals surface area contributed by atoms with E-state index < -0.39 is 18.0 Å². The molecule has 2 aliphatic carbocycles. The molecule has 7 nitrogen and oxygen atoms in total. The zero-order valence-electron chi connectivity index (χ0n) is 17.2. The van der Waals surface area contributed by atoms with Crippen LogP contribution in [-0.4, -0.2) is 41.0 Å². The van der Waals surface area contributed by atoms with Crippen molar-refractivity contribution in [3.05, 3.63) is 35.9 Å². The van der Waals surface area contributed by atoms with Crippen LogP contribution in [0.4, 0.5) is 4.79 Å². The highest BCUT2D eigenvalue weighted by Crippen LogP contribution is 2.63. The Kier molecular flexibility index (Phi) is 4.71. The quantitative estimate of drug-likeness (QED) is 0.592. The molecule has 3 fully saturated rings. The molecule has 1 aliphatic heterocycles. The standard InChI is InChI=1S/C22H28N4O3/c1-21(2)15-9-10-22(21,3)17(12-15)24-25-18(27)13-26-19(28)16(23-20(26)29)11-14-7-5-4-6-8-14/h4-8,15-16H,9-13H2,1-3H3,(H,23,29)(H,25,27)/b24-17-. The second-order valence-electron chi connectivity index (χ2n) is 9.20. The molecule has 3 aliphatic rings. The van der Waals surface area contributed by atoms with Crippen molar-refractivity contribution in [2.75, 3.05) is 6.54 Å². The van der Waals surface area contributed by atoms with E-state index in [1.165, 1.54) is 6.42 Å². The Morgan fingerprint density at radius 3 is 2.59 bits per heavy atom. The summed E-state index contributed by atoms with van der Waals surface area (Å²) in [6.07, 6.45) is 3.57. The molecule has 4 amide bonds. The summed E-state index contributed by atoms with van der Waals surface area (Å²) < 4.78 is 0. The van der Waals surface area contributed by atoms with Gasteiger partial charge in [-0.3, -0.25) is 14.5 Å². The number of nitrogens with zero attached hydrogens (tertiary/aromatic N) is 2. The first-order valence-corrected chi connectivity index (χ1v) is 10.2. The second kappa shape index (κ2) is 6.97. The molecule has 2 saturated carbocycles. The van der Waals surface area contributed by atoms with Crippen LogP contribution in [0.5, 0.6) is 0 Å². The molecule has 1 heterocycles. The molecular weight excluding hydrogens is 368 g/mol. The second-order valence-corrected chi connectivity index (χ2v) is 9.20. The van der Waals surface area contributed by atoms with E-state index in [2.05, 4.69) is 36.6 Å². The molecule has 0 radical (unpaired) electrons. The molecule has 0 spiro atoms. The predicted molar refractivity (Wildman–Crippen MR) is 109 cm³/mol. The molecule has 0 aromatic heterocycles. The number of rotatable bonds is 5. The van der Waals surface area contributed by atoms with Crippen LogP contribution in [0, 0.1) is 16.7 Å². The van der Waals surface area contributed by atoms with E-state index in [-0.39, 0.29) is 23.3 Å². The Bertz CT molecular complexity index is 879. The molecule has 7 heteroatoms. The highest BCUT2D eigenvalue weighted by molar-refractivity contribution is 6.06. The van der Waals surface area contributed by atoms with Gasteiger partial charge in [-0.05, 0) is 36.2 Å². The molecular formula is C22H28N4O3. The number of urea groups is 1. The fourth-order valence-electron chi connectivity index (χ4n) is 5.12. The number of amides is 4. The third-order valence-electron chi connectivity index (χ3n) is 7.52. The molecule has 2 bridgehead atoms. The topological polar surface area (TPSA) is 90.9 Å². The zero-order valence-corrected chi connectivity index (χ0v) is 17.2. The number of benzene rings is 1. The minimum atomic E-state index is -0.644. The van der Waals surface area contributed by atoms with E-state index in [0.717, 1.165) is 29.0 Å². The van der Waals surface area contributed by atoms with E-state index in [9.17, 15) is 14.4 Å². The largest absolute Gasteiger partial charge is 0.325 e. The van der Waals surface area contributed by atoms with E-state index in [1.54, 1.807) is 0 Å². The Hall–Kier alpha value is -2.70. The van der Waals surface area contributed by atoms with E-state index in [1.807, 2.05) is 30.3 Å². The number of fused-ring (bicyclic) bond motifs is 2. The third kappa shape index (κ3) is 3.22. The maximum absolute atomic E-state index is 12.6. The Labute approximate surface area is 170 Å². The van der Waals surface area contributed by atoms with Gasteiger partial charge in [-0.25, -0.2) is 10.2 Å². The first kappa shape index (κ1) is 19.6. The van der Waals surface area contributed by atoms with Crippen LogP contribution < -0.4 is 10.7 Å². The van der Waals surface area contributed by atoms with Gasteiger partial charge in [-0.2, -0.15) is 5.10 Å². The van der Waals surface area contributed by atoms with Crippen molar-refractivity contribution >= 4 is 23.6 Å². The highest BCUT2D eigenvalue weighted by atomic mass is 16.2. The number of hydrazone groups is 1. The van der Waals surface area contributed by atoms with Gasteiger partial charge in [0, 0.05) is 17.5 Å². The van der Waals surface area contributed by atoms with Gasteiger partial charge in [0.05, 0.1) is 0 Å². The van der Waals surface area contributed by atoms with Crippen molar-refractivity contribution in [3.8, 4) is 0 Å². The Morgan fingerprint density at radius 2 is 1.97 bits per heavy atom. The van der Waals surface area contributed by atoms with Crippen LogP contribution in [0.3, 0.4) is 0 Å². The summed E-state index contributed by atoms with van der Waals surface area (Å²) >= 11 is 0. The molecule has 154 valence electrons. The van der Waals surface area contributed by atoms with E-state index in [0.29, 0.717) is 12.3 Å². The number of hydrogen-bond acceptors (Lipinski definition) is 4. The third-order valence-corrected chi connectivity index (χ3v) is 7.52. The fourth-order valence-corrected chi connectivity index (χ4v) is 5.12. The Morgan fingerprint density at radius 1 is 1.24 bits per heavy atom. The van der Waals surface area contributed by atoms with Gasteiger partial charge in [-0.15, -0.1) is 0 Å². The van der Waals surface area contributed by atoms with Crippen molar-refractivity contribution in [1.82, 2.24) is 15.6 Å². The lowest BCUT2D eigenvalue weighted by Crippen LogP contribution is -2.41. The average Bonchev–Trinajstić information content (AvgIpc) is 3.15. The lowest BCUT2D eigenvalue weighted by atomic mass is 9.70. The molecule has 29 heavy (non-hydrogen) atoms. The fraction of sp³-hybridized carbons (Fsp3) is 0.545. The molecule has 4 rings (SSSR count). The van der Waals surface area contributed by atoms with Crippen LogP contribution in [-0.2, 0) is 16.0 Å². The van der Waals surface area contributed by atoms with Crippen LogP contribution in [0.1, 0.15) is 45.6 Å². The summed E-state index contributed by atoms with van der Waals surface area (Å²) in [5.74, 6) is -0.243. The number of carbonyl (C=O) groups excluding carboxylic acids is 3. The van der Waals surface area contributed by atoms with Crippen molar-refractivity contribution in [2.45, 2.75) is 52.5 Å². The van der Waals surface area contributed by atoms with Crippen LogP contribution in [0.25, 0.3) is 0 Å². The van der Waals surface area contributed by atoms with Gasteiger partial charge >= 0.3 is 6.03 Å². The van der Waals surface area contributed by atoms with E-state index in [4.69, 9.17) is 0 Å². The number of hydrogen-bond donors (Lipinski definition) is 2. The monoisotopic (exact) mass is 396 g/mol. The van der Waals surface area contributed by atoms with Crippen molar-refractivity contribution in [1.29, 1.82) is 0 Å². The normalized spacial score (nSPS) is 31.4. The Balaban J connectivity index is 1.36. The summed E-state index contributed by atoms with van der Waals surface area (Å²) in [6, 6.07) is 8.30. The number of carbonyl (C=O) groups is 3. The maximum Gasteiger partial charge on any atom is 0.325 e. The van der Waals surface area contributed by atoms with Gasteiger partial charge in [0.2, 0.25) is 0 Å². The van der Waals surface area contributed by atoms with Crippen molar-refractivity contribution < 1.29 is 14.4 Å². The van der Waals surface area contributed by atoms with Crippen LogP contribution in [0.2, 0.25) is 0 Å². The summed E-state index contributed by atoms with van der Waals surface area (Å²) in [4.78, 5) is 38.1. The van der Waals surface area contributed by atoms with Gasteiger partial charge in [0.1, 0.15) is 12.6 Å². The summed E-state index contributed by atoms with van der Waals surface area (Å²) in [6.45, 7) is 6.44. The summed E-state index contributed by atoms with van der Waals surface area (Å²) in [7, 11) is 0. The maximum atomic E-state index is 12.6. The lowest BCUT2D eigenvalue weighted by Gasteiger charge is -2.34. The molecule has 1 saturated heterocycles. The SMILES string of the molecule is CC12CCC(C/C1=N/NC(=O)CN1C(=O)NC(Cc3ccccc3)C1=O)C2(C)C. The molecule has 2 N–H and O–H groups in total. The van der Waals surface area contributed by atoms with Gasteiger partial charge in [0.25, 0.3) is 11.8 Å². The zero-order chi connectivity index (χ0) is 20.8.